The van der Waals surface area contributed by atoms with Crippen molar-refractivity contribution >= 4 is 5.97 Å². The van der Waals surface area contributed by atoms with Crippen molar-refractivity contribution in [1.29, 1.82) is 0 Å². The Labute approximate surface area is 155 Å². The molecule has 3 aromatic heterocycles. The largest absolute Gasteiger partial charge is 0.478 e. The molecule has 1 saturated carbocycles. The number of aromatic nitrogens is 4. The third-order valence-corrected chi connectivity index (χ3v) is 5.76. The van der Waals surface area contributed by atoms with Crippen LogP contribution in [0.4, 0.5) is 0 Å². The number of aromatic amines is 1. The third-order valence-electron chi connectivity index (χ3n) is 5.76. The minimum absolute atomic E-state index is 0.232. The molecule has 0 saturated heterocycles. The molecule has 1 fully saturated rings. The van der Waals surface area contributed by atoms with Gasteiger partial charge in [-0.2, -0.15) is 0 Å². The molecule has 136 valence electrons. The van der Waals surface area contributed by atoms with Gasteiger partial charge >= 0.3 is 5.97 Å². The first-order valence-corrected chi connectivity index (χ1v) is 9.08. The van der Waals surface area contributed by atoms with Crippen molar-refractivity contribution in [3.05, 3.63) is 53.1 Å². The van der Waals surface area contributed by atoms with Crippen molar-refractivity contribution in [3.8, 4) is 22.8 Å². The van der Waals surface area contributed by atoms with Gasteiger partial charge in [-0.05, 0) is 48.9 Å². The van der Waals surface area contributed by atoms with Crippen LogP contribution in [0.1, 0.15) is 40.0 Å². The van der Waals surface area contributed by atoms with Gasteiger partial charge in [-0.1, -0.05) is 0 Å². The number of hydrogen-bond donors (Lipinski definition) is 3. The Morgan fingerprint density at radius 3 is 2.81 bits per heavy atom. The molecule has 3 heterocycles. The Bertz CT molecular complexity index is 1050. The Balaban J connectivity index is 1.70. The van der Waals surface area contributed by atoms with Gasteiger partial charge in [-0.3, -0.25) is 4.98 Å². The molecule has 4 N–H and O–H groups in total. The van der Waals surface area contributed by atoms with Crippen LogP contribution in [0.25, 0.3) is 22.8 Å². The highest BCUT2D eigenvalue weighted by molar-refractivity contribution is 5.95. The number of nitrogens with zero attached hydrogens (tertiary/aromatic N) is 3. The lowest BCUT2D eigenvalue weighted by atomic mass is 9.90. The molecule has 0 amide bonds. The number of hydrogen-bond acceptors (Lipinski definition) is 5. The molecule has 7 nitrogen and oxygen atoms in total. The predicted octanol–water partition coefficient (Wildman–Crippen LogP) is 2.32. The van der Waals surface area contributed by atoms with Gasteiger partial charge in [0.2, 0.25) is 0 Å². The molecule has 2 aliphatic rings. The van der Waals surface area contributed by atoms with Crippen LogP contribution in [0.5, 0.6) is 0 Å². The lowest BCUT2D eigenvalue weighted by molar-refractivity contribution is 0.0694. The van der Waals surface area contributed by atoms with Gasteiger partial charge in [0, 0.05) is 41.8 Å². The van der Waals surface area contributed by atoms with E-state index in [9.17, 15) is 9.90 Å². The van der Waals surface area contributed by atoms with Crippen molar-refractivity contribution in [1.82, 2.24) is 19.9 Å². The van der Waals surface area contributed by atoms with E-state index in [1.165, 1.54) is 0 Å². The number of carbonyl (C=O) groups is 1. The average molecular weight is 361 g/mol. The van der Waals surface area contributed by atoms with E-state index in [0.29, 0.717) is 24.4 Å². The Kier molecular flexibility index (Phi) is 3.42. The Morgan fingerprint density at radius 2 is 2.15 bits per heavy atom. The first kappa shape index (κ1) is 16.1. The lowest BCUT2D eigenvalue weighted by Gasteiger charge is -2.16. The highest BCUT2D eigenvalue weighted by Gasteiger charge is 2.48. The summed E-state index contributed by atoms with van der Waals surface area (Å²) in [5.74, 6) is -0.310. The maximum Gasteiger partial charge on any atom is 0.337 e. The number of nitrogens with two attached hydrogens (primary N) is 1. The molecular formula is C20H19N5O2. The monoisotopic (exact) mass is 361 g/mol. The lowest BCUT2D eigenvalue weighted by Crippen LogP contribution is -2.23. The van der Waals surface area contributed by atoms with E-state index in [4.69, 9.17) is 10.7 Å². The normalized spacial score (nSPS) is 16.5. The molecule has 7 heteroatoms. The molecule has 0 spiro atoms. The van der Waals surface area contributed by atoms with Gasteiger partial charge in [-0.15, -0.1) is 0 Å². The van der Waals surface area contributed by atoms with E-state index in [0.717, 1.165) is 53.0 Å². The minimum Gasteiger partial charge on any atom is -0.478 e. The molecule has 3 aromatic rings. The van der Waals surface area contributed by atoms with Crippen LogP contribution in [-0.4, -0.2) is 37.6 Å². The van der Waals surface area contributed by atoms with E-state index in [1.54, 1.807) is 12.4 Å². The molecule has 5 rings (SSSR count). The topological polar surface area (TPSA) is 118 Å². The summed E-state index contributed by atoms with van der Waals surface area (Å²) in [5, 5.41) is 9.88. The fourth-order valence-corrected chi connectivity index (χ4v) is 4.03. The van der Waals surface area contributed by atoms with Crippen molar-refractivity contribution in [2.24, 2.45) is 5.73 Å². The van der Waals surface area contributed by atoms with Crippen molar-refractivity contribution in [2.75, 3.05) is 6.54 Å². The van der Waals surface area contributed by atoms with Gasteiger partial charge in [0.25, 0.3) is 0 Å². The zero-order chi connectivity index (χ0) is 18.6. The molecule has 0 bridgehead atoms. The second-order valence-electron chi connectivity index (χ2n) is 7.33. The number of pyridine rings is 1. The van der Waals surface area contributed by atoms with Gasteiger partial charge in [0.15, 0.2) is 5.82 Å². The SMILES string of the molecule is NCC1(c2[nH]c3c(c2C(=O)O)CCc2cnc(-c4cccnc4)nc2-3)CC1. The van der Waals surface area contributed by atoms with Crippen LogP contribution in [0.15, 0.2) is 30.7 Å². The summed E-state index contributed by atoms with van der Waals surface area (Å²) in [5.41, 5.74) is 11.2. The van der Waals surface area contributed by atoms with Crippen LogP contribution in [-0.2, 0) is 18.3 Å². The molecule has 27 heavy (non-hydrogen) atoms. The van der Waals surface area contributed by atoms with Crippen LogP contribution in [0.3, 0.4) is 0 Å². The molecule has 0 unspecified atom stereocenters. The van der Waals surface area contributed by atoms with Gasteiger partial charge in [-0.25, -0.2) is 14.8 Å². The van der Waals surface area contributed by atoms with Crippen LogP contribution < -0.4 is 5.73 Å². The molecule has 0 radical (unpaired) electrons. The highest BCUT2D eigenvalue weighted by Crippen LogP contribution is 2.50. The zero-order valence-electron chi connectivity index (χ0n) is 14.7. The average Bonchev–Trinajstić information content (AvgIpc) is 3.40. The maximum atomic E-state index is 12.0. The first-order valence-electron chi connectivity index (χ1n) is 9.08. The molecule has 0 atom stereocenters. The van der Waals surface area contributed by atoms with Gasteiger partial charge in [0.1, 0.15) is 0 Å². The first-order chi connectivity index (χ1) is 13.1. The fourth-order valence-electron chi connectivity index (χ4n) is 4.03. The standard InChI is InChI=1S/C20H19N5O2/c21-10-20(5-6-20)17-14(19(26)27)13-4-3-11-9-23-18(12-2-1-7-22-8-12)25-15(11)16(13)24-17/h1-2,7-9,24H,3-6,10,21H2,(H,26,27). The van der Waals surface area contributed by atoms with E-state index >= 15 is 0 Å². The molecule has 0 aromatic carbocycles. The third kappa shape index (κ3) is 2.39. The van der Waals surface area contributed by atoms with Crippen LogP contribution >= 0.6 is 0 Å². The number of H-pyrrole nitrogens is 1. The summed E-state index contributed by atoms with van der Waals surface area (Å²) < 4.78 is 0. The minimum atomic E-state index is -0.896. The number of nitrogens with one attached hydrogen (secondary N) is 1. The van der Waals surface area contributed by atoms with E-state index in [2.05, 4.69) is 15.0 Å². The summed E-state index contributed by atoms with van der Waals surface area (Å²) in [4.78, 5) is 28.8. The Hall–Kier alpha value is -3.06. The number of fused-ring (bicyclic) bond motifs is 3. The van der Waals surface area contributed by atoms with Gasteiger partial charge in [0.05, 0.1) is 17.0 Å². The second kappa shape index (κ2) is 5.72. The quantitative estimate of drug-likeness (QED) is 0.656. The number of aromatic carboxylic acids is 1. The molecule has 2 aliphatic carbocycles. The smallest absolute Gasteiger partial charge is 0.337 e. The Morgan fingerprint density at radius 1 is 1.30 bits per heavy atom. The summed E-state index contributed by atoms with van der Waals surface area (Å²) in [6.45, 7) is 0.449. The van der Waals surface area contributed by atoms with Crippen molar-refractivity contribution < 1.29 is 9.90 Å². The number of carboxylic acid groups (broad SMARTS) is 1. The molecule has 0 aliphatic heterocycles. The number of aryl methyl sites for hydroxylation is 1. The van der Waals surface area contributed by atoms with Crippen LogP contribution in [0, 0.1) is 0 Å². The van der Waals surface area contributed by atoms with Crippen molar-refractivity contribution in [2.45, 2.75) is 31.1 Å². The zero-order valence-corrected chi connectivity index (χ0v) is 14.7. The van der Waals surface area contributed by atoms with E-state index < -0.39 is 5.97 Å². The number of carboxylic acids is 1. The predicted molar refractivity (Wildman–Crippen MR) is 99.4 cm³/mol. The van der Waals surface area contributed by atoms with Gasteiger partial charge < -0.3 is 15.8 Å². The summed E-state index contributed by atoms with van der Waals surface area (Å²) in [7, 11) is 0. The van der Waals surface area contributed by atoms with E-state index in [-0.39, 0.29) is 5.41 Å². The summed E-state index contributed by atoms with van der Waals surface area (Å²) in [6.07, 6.45) is 8.49. The molecular weight excluding hydrogens is 342 g/mol. The van der Waals surface area contributed by atoms with Crippen LogP contribution in [0.2, 0.25) is 0 Å². The number of rotatable bonds is 4. The highest BCUT2D eigenvalue weighted by atomic mass is 16.4. The maximum absolute atomic E-state index is 12.0. The second-order valence-corrected chi connectivity index (χ2v) is 7.33. The van der Waals surface area contributed by atoms with Crippen molar-refractivity contribution in [3.63, 3.8) is 0 Å². The van der Waals surface area contributed by atoms with E-state index in [1.807, 2.05) is 18.3 Å². The summed E-state index contributed by atoms with van der Waals surface area (Å²) >= 11 is 0. The summed E-state index contributed by atoms with van der Waals surface area (Å²) in [6, 6.07) is 3.76. The fraction of sp³-hybridized carbons (Fsp3) is 0.300.